The molecule has 1 rings (SSSR count). The van der Waals surface area contributed by atoms with E-state index >= 15 is 0 Å². The minimum Gasteiger partial charge on any atom is -0.354 e. The number of likely N-dealkylation sites (N-methyl/N-ethyl adjacent to an activating group) is 1. The molecule has 0 fully saturated rings. The molecule has 0 saturated carbocycles. The van der Waals surface area contributed by atoms with Crippen LogP contribution in [0.3, 0.4) is 0 Å². The fourth-order valence-electron chi connectivity index (χ4n) is 1.76. The molecule has 0 atom stereocenters. The fraction of sp³-hybridized carbons (Fsp3) is 0.500. The minimum absolute atomic E-state index is 0. The maximum Gasteiger partial charge on any atom is 0.416 e. The topological polar surface area (TPSA) is 56.7 Å². The summed E-state index contributed by atoms with van der Waals surface area (Å²) in [5.41, 5.74) is -0.266. The summed E-state index contributed by atoms with van der Waals surface area (Å²) in [6.45, 7) is 3.92. The SMILES string of the molecule is CC(C)NC(=NCc1cccc(C(F)(F)F)c1)NCC(=O)N(C)C.I. The van der Waals surface area contributed by atoms with Gasteiger partial charge in [-0.15, -0.1) is 24.0 Å². The van der Waals surface area contributed by atoms with Gasteiger partial charge in [-0.1, -0.05) is 12.1 Å². The number of guanidine groups is 1. The highest BCUT2D eigenvalue weighted by molar-refractivity contribution is 14.0. The maximum atomic E-state index is 12.7. The molecule has 2 N–H and O–H groups in total. The van der Waals surface area contributed by atoms with Gasteiger partial charge >= 0.3 is 6.18 Å². The maximum absolute atomic E-state index is 12.7. The van der Waals surface area contributed by atoms with Gasteiger partial charge in [0, 0.05) is 20.1 Å². The van der Waals surface area contributed by atoms with Crippen molar-refractivity contribution in [3.05, 3.63) is 35.4 Å². The van der Waals surface area contributed by atoms with Crippen LogP contribution in [0.1, 0.15) is 25.0 Å². The molecular formula is C16H24F3IN4O. The Balaban J connectivity index is 0.00000576. The van der Waals surface area contributed by atoms with Crippen LogP contribution in [0.15, 0.2) is 29.3 Å². The monoisotopic (exact) mass is 472 g/mol. The average molecular weight is 472 g/mol. The van der Waals surface area contributed by atoms with Gasteiger partial charge in [-0.25, -0.2) is 4.99 Å². The standard InChI is InChI=1S/C16H23F3N4O.HI/c1-11(2)22-15(21-10-14(24)23(3)4)20-9-12-6-5-7-13(8-12)16(17,18)19;/h5-8,11H,9-10H2,1-4H3,(H2,20,21,22);1H. The van der Waals surface area contributed by atoms with Crippen LogP contribution in [0.5, 0.6) is 0 Å². The zero-order chi connectivity index (χ0) is 18.3. The van der Waals surface area contributed by atoms with Gasteiger partial charge in [-0.05, 0) is 31.5 Å². The lowest BCUT2D eigenvalue weighted by molar-refractivity contribution is -0.137. The third-order valence-electron chi connectivity index (χ3n) is 3.01. The van der Waals surface area contributed by atoms with Crippen LogP contribution in [-0.4, -0.2) is 43.4 Å². The van der Waals surface area contributed by atoms with Crippen molar-refractivity contribution in [1.82, 2.24) is 15.5 Å². The number of benzene rings is 1. The first kappa shape index (κ1) is 23.5. The van der Waals surface area contributed by atoms with Gasteiger partial charge in [0.05, 0.1) is 18.7 Å². The van der Waals surface area contributed by atoms with Gasteiger partial charge in [0.1, 0.15) is 0 Å². The zero-order valence-corrected chi connectivity index (χ0v) is 17.0. The van der Waals surface area contributed by atoms with E-state index in [4.69, 9.17) is 0 Å². The second kappa shape index (κ2) is 10.5. The first-order chi connectivity index (χ1) is 11.1. The molecule has 0 aliphatic carbocycles. The normalized spacial score (nSPS) is 11.8. The highest BCUT2D eigenvalue weighted by Crippen LogP contribution is 2.29. The Labute approximate surface area is 163 Å². The van der Waals surface area contributed by atoms with Crippen molar-refractivity contribution in [2.75, 3.05) is 20.6 Å². The molecule has 0 heterocycles. The smallest absolute Gasteiger partial charge is 0.354 e. The van der Waals surface area contributed by atoms with Crippen molar-refractivity contribution < 1.29 is 18.0 Å². The number of nitrogens with one attached hydrogen (secondary N) is 2. The van der Waals surface area contributed by atoms with Gasteiger partial charge < -0.3 is 15.5 Å². The molecule has 0 aliphatic rings. The highest BCUT2D eigenvalue weighted by atomic mass is 127. The van der Waals surface area contributed by atoms with E-state index in [1.165, 1.54) is 11.0 Å². The summed E-state index contributed by atoms with van der Waals surface area (Å²) in [4.78, 5) is 17.3. The molecule has 0 aromatic heterocycles. The van der Waals surface area contributed by atoms with E-state index in [0.29, 0.717) is 11.5 Å². The number of alkyl halides is 3. The van der Waals surface area contributed by atoms with Gasteiger partial charge in [0.2, 0.25) is 5.91 Å². The summed E-state index contributed by atoms with van der Waals surface area (Å²) in [6.07, 6.45) is -4.38. The van der Waals surface area contributed by atoms with Crippen LogP contribution >= 0.6 is 24.0 Å². The lowest BCUT2D eigenvalue weighted by atomic mass is 10.1. The molecule has 5 nitrogen and oxygen atoms in total. The number of aliphatic imine (C=N–C) groups is 1. The number of halogens is 4. The summed E-state index contributed by atoms with van der Waals surface area (Å²) in [5, 5.41) is 5.91. The summed E-state index contributed by atoms with van der Waals surface area (Å²) in [5.74, 6) is 0.241. The quantitative estimate of drug-likeness (QED) is 0.394. The average Bonchev–Trinajstić information content (AvgIpc) is 2.48. The van der Waals surface area contributed by atoms with Crippen LogP contribution in [0.4, 0.5) is 13.2 Å². The predicted octanol–water partition coefficient (Wildman–Crippen LogP) is 2.86. The van der Waals surface area contributed by atoms with Gasteiger partial charge in [0.25, 0.3) is 0 Å². The molecule has 0 radical (unpaired) electrons. The van der Waals surface area contributed by atoms with Crippen molar-refractivity contribution in [3.63, 3.8) is 0 Å². The van der Waals surface area contributed by atoms with E-state index < -0.39 is 11.7 Å². The van der Waals surface area contributed by atoms with Crippen LogP contribution in [0, 0.1) is 0 Å². The Kier molecular flexibility index (Phi) is 9.83. The number of rotatable bonds is 5. The summed E-state index contributed by atoms with van der Waals surface area (Å²) >= 11 is 0. The zero-order valence-electron chi connectivity index (χ0n) is 14.6. The molecule has 0 bridgehead atoms. The van der Waals surface area contributed by atoms with E-state index in [2.05, 4.69) is 15.6 Å². The molecule has 0 spiro atoms. The van der Waals surface area contributed by atoms with E-state index in [0.717, 1.165) is 12.1 Å². The number of carbonyl (C=O) groups excluding carboxylic acids is 1. The van der Waals surface area contributed by atoms with Crippen molar-refractivity contribution >= 4 is 35.8 Å². The van der Waals surface area contributed by atoms with Crippen molar-refractivity contribution in [3.8, 4) is 0 Å². The second-order valence-electron chi connectivity index (χ2n) is 5.80. The summed E-state index contributed by atoms with van der Waals surface area (Å²) < 4.78 is 38.2. The van der Waals surface area contributed by atoms with Crippen molar-refractivity contribution in [2.24, 2.45) is 4.99 Å². The Morgan fingerprint density at radius 2 is 1.92 bits per heavy atom. The fourth-order valence-corrected chi connectivity index (χ4v) is 1.76. The Hall–Kier alpha value is -1.52. The molecule has 142 valence electrons. The van der Waals surface area contributed by atoms with Crippen LogP contribution in [0.25, 0.3) is 0 Å². The minimum atomic E-state index is -4.38. The lowest BCUT2D eigenvalue weighted by Gasteiger charge is -2.17. The van der Waals surface area contributed by atoms with Crippen LogP contribution in [-0.2, 0) is 17.5 Å². The summed E-state index contributed by atoms with van der Waals surface area (Å²) in [7, 11) is 3.28. The molecule has 0 aliphatic heterocycles. The Bertz CT molecular complexity index is 589. The van der Waals surface area contributed by atoms with Gasteiger partial charge in [0.15, 0.2) is 5.96 Å². The third-order valence-corrected chi connectivity index (χ3v) is 3.01. The Morgan fingerprint density at radius 3 is 2.44 bits per heavy atom. The molecule has 0 unspecified atom stereocenters. The van der Waals surface area contributed by atoms with Crippen LogP contribution < -0.4 is 10.6 Å². The van der Waals surface area contributed by atoms with E-state index in [1.807, 2.05) is 13.8 Å². The van der Waals surface area contributed by atoms with E-state index in [9.17, 15) is 18.0 Å². The van der Waals surface area contributed by atoms with E-state index in [1.54, 1.807) is 20.2 Å². The molecule has 1 aromatic rings. The highest BCUT2D eigenvalue weighted by Gasteiger charge is 2.30. The Morgan fingerprint density at radius 1 is 1.28 bits per heavy atom. The largest absolute Gasteiger partial charge is 0.416 e. The first-order valence-electron chi connectivity index (χ1n) is 7.50. The summed E-state index contributed by atoms with van der Waals surface area (Å²) in [6, 6.07) is 5.09. The van der Waals surface area contributed by atoms with Gasteiger partial charge in [-0.2, -0.15) is 13.2 Å². The number of nitrogens with zero attached hydrogens (tertiary/aromatic N) is 2. The first-order valence-corrected chi connectivity index (χ1v) is 7.50. The lowest BCUT2D eigenvalue weighted by Crippen LogP contribution is -2.45. The van der Waals surface area contributed by atoms with Crippen molar-refractivity contribution in [2.45, 2.75) is 32.6 Å². The number of hydrogen-bond donors (Lipinski definition) is 2. The predicted molar refractivity (Wildman–Crippen MR) is 103 cm³/mol. The molecule has 9 heteroatoms. The number of amides is 1. The molecule has 1 amide bonds. The molecular weight excluding hydrogens is 448 g/mol. The van der Waals surface area contributed by atoms with Crippen LogP contribution in [0.2, 0.25) is 0 Å². The van der Waals surface area contributed by atoms with E-state index in [-0.39, 0.29) is 49.0 Å². The van der Waals surface area contributed by atoms with Gasteiger partial charge in [-0.3, -0.25) is 4.79 Å². The molecule has 1 aromatic carbocycles. The third kappa shape index (κ3) is 8.94. The second-order valence-corrected chi connectivity index (χ2v) is 5.80. The molecule has 25 heavy (non-hydrogen) atoms. The number of hydrogen-bond acceptors (Lipinski definition) is 2. The number of carbonyl (C=O) groups is 1. The van der Waals surface area contributed by atoms with Crippen molar-refractivity contribution in [1.29, 1.82) is 0 Å². The molecule has 0 saturated heterocycles.